The smallest absolute Gasteiger partial charge is 0.138 e. The Morgan fingerprint density at radius 1 is 1.19 bits per heavy atom. The molecule has 3 nitrogen and oxygen atoms in total. The molecule has 0 spiro atoms. The number of aromatic hydroxyl groups is 1. The Balaban J connectivity index is 1.99. The van der Waals surface area contributed by atoms with E-state index in [1.54, 1.807) is 37.3 Å². The molecule has 5 heteroatoms. The molecule has 1 unspecified atom stereocenters. The number of rotatable bonds is 5. The summed E-state index contributed by atoms with van der Waals surface area (Å²) in [4.78, 5) is 0. The largest absolute Gasteiger partial charge is 0.506 e. The molecule has 2 aromatic carbocycles. The Bertz CT molecular complexity index is 614. The number of halogens is 2. The Kier molecular flexibility index (Phi) is 4.83. The highest BCUT2D eigenvalue weighted by molar-refractivity contribution is 6.32. The maximum Gasteiger partial charge on any atom is 0.138 e. The first kappa shape index (κ1) is 15.8. The zero-order valence-corrected chi connectivity index (χ0v) is 12.4. The molecule has 0 aliphatic rings. The van der Waals surface area contributed by atoms with E-state index in [1.165, 1.54) is 12.1 Å². The molecule has 0 saturated carbocycles. The SMILES string of the molecule is CC(O)(CNCc1cccc(Cl)c1O)c1ccc(F)cc1. The van der Waals surface area contributed by atoms with Gasteiger partial charge in [0.05, 0.1) is 10.6 Å². The van der Waals surface area contributed by atoms with Crippen molar-refractivity contribution in [1.29, 1.82) is 0 Å². The van der Waals surface area contributed by atoms with E-state index in [9.17, 15) is 14.6 Å². The molecule has 0 aliphatic carbocycles. The maximum atomic E-state index is 12.9. The lowest BCUT2D eigenvalue weighted by atomic mass is 9.96. The van der Waals surface area contributed by atoms with Gasteiger partial charge in [-0.2, -0.15) is 0 Å². The van der Waals surface area contributed by atoms with Gasteiger partial charge in [0.15, 0.2) is 0 Å². The topological polar surface area (TPSA) is 52.5 Å². The van der Waals surface area contributed by atoms with E-state index in [4.69, 9.17) is 11.6 Å². The van der Waals surface area contributed by atoms with Crippen LogP contribution in [0.15, 0.2) is 42.5 Å². The van der Waals surface area contributed by atoms with E-state index in [0.717, 1.165) is 0 Å². The number of phenolic OH excluding ortho intramolecular Hbond substituents is 1. The summed E-state index contributed by atoms with van der Waals surface area (Å²) in [6.45, 7) is 2.26. The summed E-state index contributed by atoms with van der Waals surface area (Å²) in [5.41, 5.74) is 0.131. The summed E-state index contributed by atoms with van der Waals surface area (Å²) >= 11 is 5.83. The minimum Gasteiger partial charge on any atom is -0.506 e. The van der Waals surface area contributed by atoms with E-state index in [2.05, 4.69) is 5.32 Å². The van der Waals surface area contributed by atoms with Gasteiger partial charge >= 0.3 is 0 Å². The third kappa shape index (κ3) is 3.94. The van der Waals surface area contributed by atoms with Crippen LogP contribution in [0, 0.1) is 5.82 Å². The number of hydrogen-bond donors (Lipinski definition) is 3. The van der Waals surface area contributed by atoms with Crippen LogP contribution in [0.1, 0.15) is 18.1 Å². The van der Waals surface area contributed by atoms with Gasteiger partial charge in [-0.25, -0.2) is 4.39 Å². The van der Waals surface area contributed by atoms with Gasteiger partial charge in [0.1, 0.15) is 11.6 Å². The average molecular weight is 310 g/mol. The zero-order valence-electron chi connectivity index (χ0n) is 11.6. The van der Waals surface area contributed by atoms with Crippen LogP contribution in [0.2, 0.25) is 5.02 Å². The Labute approximate surface area is 128 Å². The normalized spacial score (nSPS) is 13.9. The Hall–Kier alpha value is -1.62. The van der Waals surface area contributed by atoms with Crippen molar-refractivity contribution in [2.75, 3.05) is 6.54 Å². The second-order valence-electron chi connectivity index (χ2n) is 5.13. The number of benzene rings is 2. The van der Waals surface area contributed by atoms with Crippen LogP contribution >= 0.6 is 11.6 Å². The molecule has 3 N–H and O–H groups in total. The van der Waals surface area contributed by atoms with Crippen molar-refractivity contribution in [1.82, 2.24) is 5.32 Å². The summed E-state index contributed by atoms with van der Waals surface area (Å²) in [5, 5.41) is 23.6. The number of aliphatic hydroxyl groups is 1. The molecule has 0 bridgehead atoms. The Morgan fingerprint density at radius 3 is 2.52 bits per heavy atom. The molecule has 0 amide bonds. The van der Waals surface area contributed by atoms with Gasteiger partial charge in [-0.15, -0.1) is 0 Å². The van der Waals surface area contributed by atoms with Crippen molar-refractivity contribution >= 4 is 11.6 Å². The number of nitrogens with one attached hydrogen (secondary N) is 1. The van der Waals surface area contributed by atoms with E-state index in [0.29, 0.717) is 22.7 Å². The van der Waals surface area contributed by atoms with Crippen LogP contribution in [-0.2, 0) is 12.1 Å². The minimum absolute atomic E-state index is 0.0353. The second-order valence-corrected chi connectivity index (χ2v) is 5.54. The molecule has 0 fully saturated rings. The van der Waals surface area contributed by atoms with E-state index < -0.39 is 5.60 Å². The fraction of sp³-hybridized carbons (Fsp3) is 0.250. The lowest BCUT2D eigenvalue weighted by Gasteiger charge is -2.24. The number of phenols is 1. The van der Waals surface area contributed by atoms with Crippen LogP contribution in [0.5, 0.6) is 5.75 Å². The number of para-hydroxylation sites is 1. The minimum atomic E-state index is -1.14. The highest BCUT2D eigenvalue weighted by Crippen LogP contribution is 2.27. The van der Waals surface area contributed by atoms with Crippen molar-refractivity contribution in [3.05, 3.63) is 64.4 Å². The Morgan fingerprint density at radius 2 is 1.86 bits per heavy atom. The van der Waals surface area contributed by atoms with E-state index in [1.807, 2.05) is 0 Å². The van der Waals surface area contributed by atoms with Gasteiger partial charge in [-0.1, -0.05) is 35.9 Å². The molecule has 21 heavy (non-hydrogen) atoms. The van der Waals surface area contributed by atoms with E-state index >= 15 is 0 Å². The molecule has 0 saturated heterocycles. The summed E-state index contributed by atoms with van der Waals surface area (Å²) in [6.07, 6.45) is 0. The van der Waals surface area contributed by atoms with Crippen LogP contribution in [-0.4, -0.2) is 16.8 Å². The van der Waals surface area contributed by atoms with Crippen LogP contribution in [0.4, 0.5) is 4.39 Å². The molecule has 0 heterocycles. The standard InChI is InChI=1S/C16H17ClFNO2/c1-16(21,12-5-7-13(18)8-6-12)10-19-9-11-3-2-4-14(17)15(11)20/h2-8,19-21H,9-10H2,1H3. The number of hydrogen-bond acceptors (Lipinski definition) is 3. The fourth-order valence-electron chi connectivity index (χ4n) is 2.05. The first-order valence-electron chi connectivity index (χ1n) is 6.55. The van der Waals surface area contributed by atoms with Crippen molar-refractivity contribution in [3.8, 4) is 5.75 Å². The lowest BCUT2D eigenvalue weighted by molar-refractivity contribution is 0.0565. The molecular formula is C16H17ClFNO2. The lowest BCUT2D eigenvalue weighted by Crippen LogP contribution is -2.35. The summed E-state index contributed by atoms with van der Waals surface area (Å²) in [5.74, 6) is -0.306. The molecule has 0 aliphatic heterocycles. The highest BCUT2D eigenvalue weighted by Gasteiger charge is 2.22. The zero-order chi connectivity index (χ0) is 15.5. The molecule has 0 radical (unpaired) electrons. The van der Waals surface area contributed by atoms with Gasteiger partial charge in [0.2, 0.25) is 0 Å². The van der Waals surface area contributed by atoms with Crippen LogP contribution in [0.25, 0.3) is 0 Å². The third-order valence-corrected chi connectivity index (χ3v) is 3.63. The predicted octanol–water partition coefficient (Wildman–Crippen LogP) is 3.18. The maximum absolute atomic E-state index is 12.9. The van der Waals surface area contributed by atoms with Gasteiger partial charge in [0.25, 0.3) is 0 Å². The molecule has 2 rings (SSSR count). The van der Waals surface area contributed by atoms with Gasteiger partial charge in [0, 0.05) is 18.7 Å². The summed E-state index contributed by atoms with van der Waals surface area (Å²) in [6, 6.07) is 10.8. The van der Waals surface area contributed by atoms with Crippen LogP contribution < -0.4 is 5.32 Å². The summed E-state index contributed by atoms with van der Waals surface area (Å²) in [7, 11) is 0. The first-order valence-corrected chi connectivity index (χ1v) is 6.93. The van der Waals surface area contributed by atoms with Gasteiger partial charge in [-0.05, 0) is 30.7 Å². The van der Waals surface area contributed by atoms with E-state index in [-0.39, 0.29) is 18.1 Å². The third-order valence-electron chi connectivity index (χ3n) is 3.32. The molecule has 0 aromatic heterocycles. The van der Waals surface area contributed by atoms with Gasteiger partial charge in [-0.3, -0.25) is 0 Å². The van der Waals surface area contributed by atoms with Gasteiger partial charge < -0.3 is 15.5 Å². The molecular weight excluding hydrogens is 293 g/mol. The average Bonchev–Trinajstić information content (AvgIpc) is 2.44. The van der Waals surface area contributed by atoms with Crippen molar-refractivity contribution < 1.29 is 14.6 Å². The molecule has 2 aromatic rings. The van der Waals surface area contributed by atoms with Crippen molar-refractivity contribution in [2.45, 2.75) is 19.1 Å². The molecule has 1 atom stereocenters. The molecule has 112 valence electrons. The summed E-state index contributed by atoms with van der Waals surface area (Å²) < 4.78 is 12.9. The first-order chi connectivity index (χ1) is 9.90. The quantitative estimate of drug-likeness (QED) is 0.795. The van der Waals surface area contributed by atoms with Crippen molar-refractivity contribution in [3.63, 3.8) is 0 Å². The predicted molar refractivity (Wildman–Crippen MR) is 80.8 cm³/mol. The van der Waals surface area contributed by atoms with Crippen LogP contribution in [0.3, 0.4) is 0 Å². The van der Waals surface area contributed by atoms with Crippen molar-refractivity contribution in [2.24, 2.45) is 0 Å². The second kappa shape index (κ2) is 6.43. The highest BCUT2D eigenvalue weighted by atomic mass is 35.5. The fourth-order valence-corrected chi connectivity index (χ4v) is 2.25. The monoisotopic (exact) mass is 309 g/mol.